The predicted octanol–water partition coefficient (Wildman–Crippen LogP) is 1.91. The maximum Gasteiger partial charge on any atom is 0.227 e. The summed E-state index contributed by atoms with van der Waals surface area (Å²) in [7, 11) is 1.73. The predicted molar refractivity (Wildman–Crippen MR) is 117 cm³/mol. The number of benzene rings is 1. The number of halogens is 1. The molecule has 2 rings (SSSR count). The first-order chi connectivity index (χ1) is 13.9. The molecule has 0 spiro atoms. The Bertz CT molecular complexity index is 717. The van der Waals surface area contributed by atoms with Gasteiger partial charge in [0, 0.05) is 57.3 Å². The molecule has 1 aliphatic heterocycles. The Kier molecular flexibility index (Phi) is 9.25. The molecule has 0 radical (unpaired) electrons. The molecule has 8 heteroatoms. The van der Waals surface area contributed by atoms with Crippen LogP contribution in [0.5, 0.6) is 0 Å². The second-order valence-corrected chi connectivity index (χ2v) is 7.71. The maximum atomic E-state index is 12.6. The summed E-state index contributed by atoms with van der Waals surface area (Å²) in [6, 6.07) is 7.62. The van der Waals surface area contributed by atoms with E-state index in [4.69, 9.17) is 11.6 Å². The van der Waals surface area contributed by atoms with Crippen molar-refractivity contribution < 1.29 is 9.59 Å². The van der Waals surface area contributed by atoms with Gasteiger partial charge in [0.25, 0.3) is 0 Å². The summed E-state index contributed by atoms with van der Waals surface area (Å²) in [5.41, 5.74) is 0.929. The lowest BCUT2D eigenvalue weighted by Crippen LogP contribution is -2.54. The molecular weight excluding hydrogens is 390 g/mol. The summed E-state index contributed by atoms with van der Waals surface area (Å²) in [4.78, 5) is 32.8. The Balaban J connectivity index is 1.75. The molecule has 0 bridgehead atoms. The van der Waals surface area contributed by atoms with Gasteiger partial charge >= 0.3 is 0 Å². The first kappa shape index (κ1) is 23.0. The Labute approximate surface area is 178 Å². The molecule has 1 aromatic rings. The molecule has 0 saturated carbocycles. The standard InChI is InChI=1S/C21H32ClN5O2/c1-4-16(2)25-19(28)8-9-24-21(23-3)27-12-10-26(11-13-27)20(29)15-17-6-5-7-18(22)14-17/h5-7,14,16H,4,8-13,15H2,1-3H3,(H,23,24)(H,25,28). The van der Waals surface area contributed by atoms with Crippen LogP contribution in [0.3, 0.4) is 0 Å². The van der Waals surface area contributed by atoms with Gasteiger partial charge in [0.15, 0.2) is 5.96 Å². The Morgan fingerprint density at radius 3 is 2.52 bits per heavy atom. The van der Waals surface area contributed by atoms with Crippen molar-refractivity contribution >= 4 is 29.4 Å². The number of carbonyl (C=O) groups is 2. The zero-order valence-electron chi connectivity index (χ0n) is 17.6. The van der Waals surface area contributed by atoms with E-state index in [-0.39, 0.29) is 17.9 Å². The van der Waals surface area contributed by atoms with E-state index in [0.717, 1.165) is 17.9 Å². The van der Waals surface area contributed by atoms with E-state index < -0.39 is 0 Å². The van der Waals surface area contributed by atoms with Crippen LogP contribution in [-0.4, -0.2) is 73.4 Å². The minimum atomic E-state index is 0.0405. The van der Waals surface area contributed by atoms with Crippen LogP contribution in [0.15, 0.2) is 29.3 Å². The topological polar surface area (TPSA) is 77.0 Å². The second kappa shape index (κ2) is 11.7. The molecule has 0 aromatic heterocycles. The lowest BCUT2D eigenvalue weighted by molar-refractivity contribution is -0.131. The average Bonchev–Trinajstić information content (AvgIpc) is 2.71. The summed E-state index contributed by atoms with van der Waals surface area (Å²) in [6.07, 6.45) is 1.68. The highest BCUT2D eigenvalue weighted by Gasteiger charge is 2.23. The number of rotatable bonds is 7. The number of carbonyl (C=O) groups excluding carboxylic acids is 2. The third kappa shape index (κ3) is 7.57. The Morgan fingerprint density at radius 1 is 1.21 bits per heavy atom. The Morgan fingerprint density at radius 2 is 1.90 bits per heavy atom. The molecule has 1 unspecified atom stereocenters. The van der Waals surface area contributed by atoms with Crippen LogP contribution in [0.25, 0.3) is 0 Å². The first-order valence-corrected chi connectivity index (χ1v) is 10.6. The van der Waals surface area contributed by atoms with E-state index in [9.17, 15) is 9.59 Å². The van der Waals surface area contributed by atoms with Crippen molar-refractivity contribution in [3.63, 3.8) is 0 Å². The highest BCUT2D eigenvalue weighted by atomic mass is 35.5. The van der Waals surface area contributed by atoms with Crippen molar-refractivity contribution in [1.29, 1.82) is 0 Å². The number of aliphatic imine (C=N–C) groups is 1. The van der Waals surface area contributed by atoms with Crippen LogP contribution in [0.2, 0.25) is 5.02 Å². The molecule has 0 aliphatic carbocycles. The van der Waals surface area contributed by atoms with E-state index in [1.807, 2.05) is 36.9 Å². The maximum absolute atomic E-state index is 12.6. The highest BCUT2D eigenvalue weighted by Crippen LogP contribution is 2.13. The van der Waals surface area contributed by atoms with Crippen LogP contribution in [0, 0.1) is 0 Å². The molecule has 1 atom stereocenters. The number of hydrogen-bond acceptors (Lipinski definition) is 3. The van der Waals surface area contributed by atoms with Crippen molar-refractivity contribution in [2.75, 3.05) is 39.8 Å². The summed E-state index contributed by atoms with van der Waals surface area (Å²) < 4.78 is 0. The largest absolute Gasteiger partial charge is 0.356 e. The number of guanidine groups is 1. The number of hydrogen-bond donors (Lipinski definition) is 2. The molecule has 1 aliphatic rings. The SMILES string of the molecule is CCC(C)NC(=O)CCNC(=NC)N1CCN(C(=O)Cc2cccc(Cl)c2)CC1. The molecule has 2 amide bonds. The monoisotopic (exact) mass is 421 g/mol. The van der Waals surface area contributed by atoms with E-state index in [1.165, 1.54) is 0 Å². The van der Waals surface area contributed by atoms with Crippen LogP contribution in [0.1, 0.15) is 32.3 Å². The van der Waals surface area contributed by atoms with Crippen molar-refractivity contribution in [1.82, 2.24) is 20.4 Å². The quantitative estimate of drug-likeness (QED) is 0.520. The summed E-state index contributed by atoms with van der Waals surface area (Å²) in [6.45, 7) is 7.29. The fourth-order valence-corrected chi connectivity index (χ4v) is 3.38. The lowest BCUT2D eigenvalue weighted by Gasteiger charge is -2.36. The number of piperazine rings is 1. The van der Waals surface area contributed by atoms with Crippen molar-refractivity contribution in [3.8, 4) is 0 Å². The normalized spacial score (nSPS) is 15.8. The van der Waals surface area contributed by atoms with Gasteiger partial charge in [-0.2, -0.15) is 0 Å². The van der Waals surface area contributed by atoms with Gasteiger partial charge in [-0.25, -0.2) is 0 Å². The summed E-state index contributed by atoms with van der Waals surface area (Å²) in [5, 5.41) is 6.85. The zero-order valence-corrected chi connectivity index (χ0v) is 18.3. The van der Waals surface area contributed by atoms with Crippen LogP contribution in [-0.2, 0) is 16.0 Å². The molecule has 29 heavy (non-hydrogen) atoms. The molecular formula is C21H32ClN5O2. The van der Waals surface area contributed by atoms with Gasteiger partial charge in [-0.3, -0.25) is 14.6 Å². The third-order valence-corrected chi connectivity index (χ3v) is 5.28. The van der Waals surface area contributed by atoms with E-state index >= 15 is 0 Å². The second-order valence-electron chi connectivity index (χ2n) is 7.28. The van der Waals surface area contributed by atoms with E-state index in [0.29, 0.717) is 50.6 Å². The van der Waals surface area contributed by atoms with Gasteiger partial charge in [-0.05, 0) is 31.0 Å². The minimum absolute atomic E-state index is 0.0405. The van der Waals surface area contributed by atoms with Gasteiger partial charge < -0.3 is 20.4 Å². The van der Waals surface area contributed by atoms with Crippen molar-refractivity contribution in [3.05, 3.63) is 34.9 Å². The van der Waals surface area contributed by atoms with Gasteiger partial charge in [0.05, 0.1) is 6.42 Å². The zero-order chi connectivity index (χ0) is 21.2. The fraction of sp³-hybridized carbons (Fsp3) is 0.571. The summed E-state index contributed by atoms with van der Waals surface area (Å²) in [5.74, 6) is 0.915. The van der Waals surface area contributed by atoms with Crippen molar-refractivity contribution in [2.45, 2.75) is 39.2 Å². The van der Waals surface area contributed by atoms with Crippen LogP contribution >= 0.6 is 11.6 Å². The van der Waals surface area contributed by atoms with E-state index in [1.54, 1.807) is 13.1 Å². The van der Waals surface area contributed by atoms with E-state index in [2.05, 4.69) is 20.5 Å². The van der Waals surface area contributed by atoms with Gasteiger partial charge in [0.1, 0.15) is 0 Å². The lowest BCUT2D eigenvalue weighted by atomic mass is 10.1. The van der Waals surface area contributed by atoms with Crippen LogP contribution in [0.4, 0.5) is 0 Å². The minimum Gasteiger partial charge on any atom is -0.356 e. The number of amides is 2. The Hall–Kier alpha value is -2.28. The third-order valence-electron chi connectivity index (χ3n) is 5.04. The van der Waals surface area contributed by atoms with Gasteiger partial charge in [-0.15, -0.1) is 0 Å². The molecule has 1 fully saturated rings. The average molecular weight is 422 g/mol. The van der Waals surface area contributed by atoms with Gasteiger partial charge in [0.2, 0.25) is 11.8 Å². The van der Waals surface area contributed by atoms with Crippen LogP contribution < -0.4 is 10.6 Å². The summed E-state index contributed by atoms with van der Waals surface area (Å²) >= 11 is 6.00. The number of nitrogens with zero attached hydrogens (tertiary/aromatic N) is 3. The molecule has 160 valence electrons. The van der Waals surface area contributed by atoms with Crippen molar-refractivity contribution in [2.24, 2.45) is 4.99 Å². The smallest absolute Gasteiger partial charge is 0.227 e. The fourth-order valence-electron chi connectivity index (χ4n) is 3.17. The first-order valence-electron chi connectivity index (χ1n) is 10.2. The molecule has 1 aromatic carbocycles. The van der Waals surface area contributed by atoms with Gasteiger partial charge in [-0.1, -0.05) is 30.7 Å². The number of nitrogens with one attached hydrogen (secondary N) is 2. The molecule has 1 heterocycles. The molecule has 7 nitrogen and oxygen atoms in total. The molecule has 2 N–H and O–H groups in total. The molecule has 1 saturated heterocycles. The highest BCUT2D eigenvalue weighted by molar-refractivity contribution is 6.30.